The first-order valence-electron chi connectivity index (χ1n) is 5.27. The van der Waals surface area contributed by atoms with Gasteiger partial charge in [0.25, 0.3) is 0 Å². The maximum atomic E-state index is 9.97. The lowest BCUT2D eigenvalue weighted by Gasteiger charge is -2.42. The molecule has 1 heterocycles. The topological polar surface area (TPSA) is 101 Å². The van der Waals surface area contributed by atoms with Gasteiger partial charge in [-0.1, -0.05) is 11.6 Å². The maximum Gasteiger partial charge on any atom is 0.224 e. The molecule has 0 atom stereocenters. The highest BCUT2D eigenvalue weighted by atomic mass is 35.5. The second-order valence-corrected chi connectivity index (χ2v) is 4.74. The van der Waals surface area contributed by atoms with Gasteiger partial charge in [-0.05, 0) is 18.8 Å². The molecule has 7 heteroatoms. The van der Waals surface area contributed by atoms with Gasteiger partial charge < -0.3 is 20.7 Å². The molecular formula is C10H14ClN3O3. The van der Waals surface area contributed by atoms with Crippen molar-refractivity contribution >= 4 is 17.5 Å². The third kappa shape index (κ3) is 2.96. The van der Waals surface area contributed by atoms with E-state index in [1.54, 1.807) is 0 Å². The Morgan fingerprint density at radius 1 is 1.53 bits per heavy atom. The Bertz CT molecular complexity index is 390. The average molecular weight is 260 g/mol. The lowest BCUT2D eigenvalue weighted by atomic mass is 9.72. The van der Waals surface area contributed by atoms with Crippen molar-refractivity contribution in [1.29, 1.82) is 0 Å². The van der Waals surface area contributed by atoms with Gasteiger partial charge >= 0.3 is 0 Å². The van der Waals surface area contributed by atoms with E-state index in [2.05, 4.69) is 9.97 Å². The fourth-order valence-electron chi connectivity index (χ4n) is 1.96. The minimum absolute atomic E-state index is 0.0290. The number of hydrogen-bond acceptors (Lipinski definition) is 6. The van der Waals surface area contributed by atoms with Crippen LogP contribution in [0.4, 0.5) is 5.95 Å². The standard InChI is InChI=1S/C10H14ClN3O3/c11-7-1-8(14-9(12)13-7)17-5-10(16)2-6(3-10)4-15/h1,6,15-16H,2-5H2,(H2,12,13,14). The number of nitrogens with zero attached hydrogens (tertiary/aromatic N) is 2. The normalized spacial score (nSPS) is 27.6. The molecule has 0 aromatic carbocycles. The quantitative estimate of drug-likeness (QED) is 0.669. The molecule has 0 spiro atoms. The molecule has 4 N–H and O–H groups in total. The van der Waals surface area contributed by atoms with Gasteiger partial charge in [-0.15, -0.1) is 0 Å². The van der Waals surface area contributed by atoms with E-state index in [0.717, 1.165) is 0 Å². The summed E-state index contributed by atoms with van der Waals surface area (Å²) < 4.78 is 5.32. The Balaban J connectivity index is 1.90. The molecule has 94 valence electrons. The molecule has 1 aromatic rings. The van der Waals surface area contributed by atoms with Crippen molar-refractivity contribution in [2.75, 3.05) is 18.9 Å². The van der Waals surface area contributed by atoms with Gasteiger partial charge in [-0.25, -0.2) is 4.98 Å². The summed E-state index contributed by atoms with van der Waals surface area (Å²) in [7, 11) is 0. The fraction of sp³-hybridized carbons (Fsp3) is 0.600. The van der Waals surface area contributed by atoms with Crippen LogP contribution in [-0.2, 0) is 0 Å². The monoisotopic (exact) mass is 259 g/mol. The number of nitrogens with two attached hydrogens (primary N) is 1. The van der Waals surface area contributed by atoms with Crippen LogP contribution >= 0.6 is 11.6 Å². The highest BCUT2D eigenvalue weighted by molar-refractivity contribution is 6.29. The number of rotatable bonds is 4. The first-order chi connectivity index (χ1) is 8.00. The summed E-state index contributed by atoms with van der Waals surface area (Å²) in [6, 6.07) is 1.43. The van der Waals surface area contributed by atoms with E-state index in [0.29, 0.717) is 12.8 Å². The van der Waals surface area contributed by atoms with Crippen LogP contribution in [0, 0.1) is 5.92 Å². The predicted octanol–water partition coefficient (Wildman–Crippen LogP) is 0.224. The van der Waals surface area contributed by atoms with Crippen molar-refractivity contribution < 1.29 is 14.9 Å². The molecule has 1 aromatic heterocycles. The van der Waals surface area contributed by atoms with Crippen LogP contribution in [0.3, 0.4) is 0 Å². The van der Waals surface area contributed by atoms with E-state index in [4.69, 9.17) is 27.2 Å². The Labute approximate surface area is 103 Å². The van der Waals surface area contributed by atoms with Crippen molar-refractivity contribution in [2.45, 2.75) is 18.4 Å². The molecule has 0 saturated heterocycles. The van der Waals surface area contributed by atoms with Crippen molar-refractivity contribution in [3.8, 4) is 5.88 Å². The van der Waals surface area contributed by atoms with E-state index in [-0.39, 0.29) is 36.1 Å². The smallest absolute Gasteiger partial charge is 0.224 e. The van der Waals surface area contributed by atoms with Gasteiger partial charge in [0, 0.05) is 12.7 Å². The number of aliphatic hydroxyl groups excluding tert-OH is 1. The summed E-state index contributed by atoms with van der Waals surface area (Å²) in [4.78, 5) is 7.53. The van der Waals surface area contributed by atoms with Crippen LogP contribution in [0.2, 0.25) is 5.15 Å². The second kappa shape index (κ2) is 4.64. The zero-order valence-electron chi connectivity index (χ0n) is 9.14. The SMILES string of the molecule is Nc1nc(Cl)cc(OCC2(O)CC(CO)C2)n1. The molecule has 1 fully saturated rings. The van der Waals surface area contributed by atoms with Crippen molar-refractivity contribution in [3.63, 3.8) is 0 Å². The third-order valence-electron chi connectivity index (χ3n) is 2.77. The number of nitrogen functional groups attached to an aromatic ring is 1. The van der Waals surface area contributed by atoms with Gasteiger partial charge in [-0.2, -0.15) is 4.98 Å². The van der Waals surface area contributed by atoms with Crippen LogP contribution in [0.5, 0.6) is 5.88 Å². The molecule has 0 amide bonds. The number of halogens is 1. The molecule has 1 aliphatic rings. The number of aliphatic hydroxyl groups is 2. The van der Waals surface area contributed by atoms with Gasteiger partial charge in [0.2, 0.25) is 11.8 Å². The number of hydrogen-bond donors (Lipinski definition) is 3. The van der Waals surface area contributed by atoms with E-state index in [9.17, 15) is 5.11 Å². The average Bonchev–Trinajstić information content (AvgIpc) is 2.21. The van der Waals surface area contributed by atoms with Crippen LogP contribution in [0.25, 0.3) is 0 Å². The van der Waals surface area contributed by atoms with E-state index in [1.807, 2.05) is 0 Å². The summed E-state index contributed by atoms with van der Waals surface area (Å²) in [5, 5.41) is 19.0. The third-order valence-corrected chi connectivity index (χ3v) is 2.97. The second-order valence-electron chi connectivity index (χ2n) is 4.36. The Kier molecular flexibility index (Phi) is 3.37. The molecular weight excluding hydrogens is 246 g/mol. The van der Waals surface area contributed by atoms with E-state index >= 15 is 0 Å². The molecule has 0 unspecified atom stereocenters. The Hall–Kier alpha value is -1.11. The highest BCUT2D eigenvalue weighted by Gasteiger charge is 2.43. The summed E-state index contributed by atoms with van der Waals surface area (Å²) in [6.45, 7) is 0.199. The number of ether oxygens (including phenoxy) is 1. The van der Waals surface area contributed by atoms with Gasteiger partial charge in [0.15, 0.2) is 0 Å². The van der Waals surface area contributed by atoms with Gasteiger partial charge in [0.1, 0.15) is 11.8 Å². The summed E-state index contributed by atoms with van der Waals surface area (Å²) in [5.74, 6) is 0.423. The van der Waals surface area contributed by atoms with Crippen molar-refractivity contribution in [2.24, 2.45) is 5.92 Å². The first kappa shape index (κ1) is 12.3. The zero-order valence-corrected chi connectivity index (χ0v) is 9.89. The summed E-state index contributed by atoms with van der Waals surface area (Å²) in [5.41, 5.74) is 4.52. The minimum Gasteiger partial charge on any atom is -0.474 e. The molecule has 0 aliphatic heterocycles. The lowest BCUT2D eigenvalue weighted by molar-refractivity contribution is -0.112. The maximum absolute atomic E-state index is 9.97. The molecule has 0 bridgehead atoms. The highest BCUT2D eigenvalue weighted by Crippen LogP contribution is 2.37. The summed E-state index contributed by atoms with van der Waals surface area (Å²) >= 11 is 5.69. The molecule has 17 heavy (non-hydrogen) atoms. The minimum atomic E-state index is -0.889. The largest absolute Gasteiger partial charge is 0.474 e. The number of anilines is 1. The summed E-state index contributed by atoms with van der Waals surface area (Å²) in [6.07, 6.45) is 1.05. The Morgan fingerprint density at radius 2 is 2.24 bits per heavy atom. The van der Waals surface area contributed by atoms with Gasteiger partial charge in [-0.3, -0.25) is 0 Å². The Morgan fingerprint density at radius 3 is 2.82 bits per heavy atom. The van der Waals surface area contributed by atoms with Crippen LogP contribution < -0.4 is 10.5 Å². The fourth-order valence-corrected chi connectivity index (χ4v) is 2.14. The lowest BCUT2D eigenvalue weighted by Crippen LogP contribution is -2.49. The van der Waals surface area contributed by atoms with Crippen molar-refractivity contribution in [1.82, 2.24) is 9.97 Å². The molecule has 1 aliphatic carbocycles. The molecule has 2 rings (SSSR count). The van der Waals surface area contributed by atoms with Gasteiger partial charge in [0.05, 0.1) is 5.60 Å². The molecule has 0 radical (unpaired) electrons. The first-order valence-corrected chi connectivity index (χ1v) is 5.65. The molecule has 1 saturated carbocycles. The molecule has 6 nitrogen and oxygen atoms in total. The number of aromatic nitrogens is 2. The van der Waals surface area contributed by atoms with E-state index in [1.165, 1.54) is 6.07 Å². The van der Waals surface area contributed by atoms with Crippen LogP contribution in [-0.4, -0.2) is 39.0 Å². The van der Waals surface area contributed by atoms with E-state index < -0.39 is 5.60 Å². The van der Waals surface area contributed by atoms with Crippen molar-refractivity contribution in [3.05, 3.63) is 11.2 Å². The van der Waals surface area contributed by atoms with Crippen LogP contribution in [0.15, 0.2) is 6.07 Å². The zero-order chi connectivity index (χ0) is 12.5. The van der Waals surface area contributed by atoms with Crippen LogP contribution in [0.1, 0.15) is 12.8 Å². The predicted molar refractivity (Wildman–Crippen MR) is 61.7 cm³/mol.